The van der Waals surface area contributed by atoms with Gasteiger partial charge in [-0.05, 0) is 36.2 Å². The normalized spacial score (nSPS) is 19.7. The number of hydrogen-bond acceptors (Lipinski definition) is 5. The van der Waals surface area contributed by atoms with E-state index in [9.17, 15) is 22.8 Å². The Balaban J connectivity index is 1.27. The summed E-state index contributed by atoms with van der Waals surface area (Å²) in [6.07, 6.45) is -1.99. The third-order valence-corrected chi connectivity index (χ3v) is 6.72. The van der Waals surface area contributed by atoms with E-state index in [1.54, 1.807) is 29.1 Å². The van der Waals surface area contributed by atoms with Crippen LogP contribution in [0.2, 0.25) is 0 Å². The number of aromatic nitrogens is 2. The maximum absolute atomic E-state index is 15.1. The van der Waals surface area contributed by atoms with E-state index in [1.165, 1.54) is 36.2 Å². The number of ether oxygens (including phenoxy) is 1. The van der Waals surface area contributed by atoms with E-state index in [1.807, 2.05) is 4.90 Å². The largest absolute Gasteiger partial charge is 0.442 e. The predicted molar refractivity (Wildman–Crippen MR) is 131 cm³/mol. The topological polar surface area (TPSA) is 79.7 Å². The van der Waals surface area contributed by atoms with E-state index in [4.69, 9.17) is 4.74 Å². The number of carbonyl (C=O) groups is 2. The maximum atomic E-state index is 15.1. The number of halogens is 4. The molecular formula is C26H25F4N5O3. The fourth-order valence-corrected chi connectivity index (χ4v) is 4.85. The first kappa shape index (κ1) is 25.6. The van der Waals surface area contributed by atoms with Gasteiger partial charge in [0.15, 0.2) is 0 Å². The van der Waals surface area contributed by atoms with Crippen LogP contribution in [0.15, 0.2) is 54.9 Å². The highest BCUT2D eigenvalue weighted by Crippen LogP contribution is 2.38. The van der Waals surface area contributed by atoms with Crippen LogP contribution in [0.4, 0.5) is 33.7 Å². The highest BCUT2D eigenvalue weighted by molar-refractivity contribution is 5.90. The van der Waals surface area contributed by atoms with Crippen LogP contribution in [0.25, 0.3) is 11.1 Å². The molecule has 8 nitrogen and oxygen atoms in total. The summed E-state index contributed by atoms with van der Waals surface area (Å²) >= 11 is 0. The van der Waals surface area contributed by atoms with Crippen LogP contribution in [-0.2, 0) is 15.7 Å². The minimum Gasteiger partial charge on any atom is -0.442 e. The fourth-order valence-electron chi connectivity index (χ4n) is 4.85. The lowest BCUT2D eigenvalue weighted by Gasteiger charge is -2.21. The van der Waals surface area contributed by atoms with E-state index in [0.717, 1.165) is 6.07 Å². The molecule has 2 aliphatic rings. The van der Waals surface area contributed by atoms with Crippen molar-refractivity contribution in [2.24, 2.45) is 0 Å². The molecule has 0 saturated carbocycles. The summed E-state index contributed by atoms with van der Waals surface area (Å²) < 4.78 is 62.3. The first-order valence-electron chi connectivity index (χ1n) is 12.1. The van der Waals surface area contributed by atoms with E-state index in [2.05, 4.69) is 10.4 Å². The van der Waals surface area contributed by atoms with Crippen molar-refractivity contribution in [2.75, 3.05) is 36.0 Å². The summed E-state index contributed by atoms with van der Waals surface area (Å²) in [6.45, 7) is 2.67. The Hall–Kier alpha value is -4.09. The molecule has 0 unspecified atom stereocenters. The molecule has 1 N–H and O–H groups in total. The predicted octanol–water partition coefficient (Wildman–Crippen LogP) is 4.62. The van der Waals surface area contributed by atoms with Crippen LogP contribution in [0.3, 0.4) is 0 Å². The van der Waals surface area contributed by atoms with Crippen molar-refractivity contribution in [3.8, 4) is 11.1 Å². The van der Waals surface area contributed by atoms with Gasteiger partial charge in [-0.25, -0.2) is 9.18 Å². The lowest BCUT2D eigenvalue weighted by Crippen LogP contribution is -2.33. The number of amides is 2. The summed E-state index contributed by atoms with van der Waals surface area (Å²) in [5.41, 5.74) is 0.396. The van der Waals surface area contributed by atoms with Crippen molar-refractivity contribution < 1.29 is 31.9 Å². The maximum Gasteiger partial charge on any atom is 0.417 e. The highest BCUT2D eigenvalue weighted by atomic mass is 19.4. The minimum atomic E-state index is -4.48. The van der Waals surface area contributed by atoms with Gasteiger partial charge in [-0.15, -0.1) is 0 Å². The Labute approximate surface area is 215 Å². The first-order chi connectivity index (χ1) is 18.1. The van der Waals surface area contributed by atoms with Gasteiger partial charge in [-0.3, -0.25) is 14.4 Å². The number of carbonyl (C=O) groups excluding carboxylic acids is 2. The molecule has 2 aliphatic heterocycles. The molecule has 2 amide bonds. The molecule has 2 fully saturated rings. The SMILES string of the molecule is CC(=O)NC[C@H]1CN(c2ccc(N3CC[C@@H](n4cc(-c5ccccc5C(F)(F)F)cn4)C3)c(F)c2)C(=O)O1. The van der Waals surface area contributed by atoms with Crippen molar-refractivity contribution in [1.29, 1.82) is 0 Å². The molecule has 3 aromatic rings. The van der Waals surface area contributed by atoms with Gasteiger partial charge in [0, 0.05) is 31.8 Å². The fraction of sp³-hybridized carbons (Fsp3) is 0.346. The molecule has 0 spiro atoms. The third kappa shape index (κ3) is 5.15. The van der Waals surface area contributed by atoms with Crippen LogP contribution in [0.1, 0.15) is 24.9 Å². The molecule has 5 rings (SSSR count). The summed E-state index contributed by atoms with van der Waals surface area (Å²) in [4.78, 5) is 26.5. The van der Waals surface area contributed by atoms with Crippen LogP contribution in [-0.4, -0.2) is 54.1 Å². The lowest BCUT2D eigenvalue weighted by molar-refractivity contribution is -0.137. The molecule has 200 valence electrons. The van der Waals surface area contributed by atoms with Crippen molar-refractivity contribution in [3.05, 3.63) is 66.2 Å². The monoisotopic (exact) mass is 531 g/mol. The summed E-state index contributed by atoms with van der Waals surface area (Å²) in [7, 11) is 0. The van der Waals surface area contributed by atoms with Crippen LogP contribution < -0.4 is 15.1 Å². The number of rotatable bonds is 6. The number of nitrogens with zero attached hydrogens (tertiary/aromatic N) is 4. The molecule has 1 aromatic heterocycles. The van der Waals surface area contributed by atoms with E-state index in [-0.39, 0.29) is 30.6 Å². The standard InChI is InChI=1S/C26H25F4N5O3/c1-16(36)31-12-20-15-34(25(37)38-20)18-6-7-24(23(27)10-18)33-9-8-19(14-33)35-13-17(11-32-35)21-4-2-3-5-22(21)26(28,29)30/h2-7,10-11,13,19-20H,8-9,12,14-15H2,1H3,(H,31,36)/t19-,20+/m1/s1. The zero-order chi connectivity index (χ0) is 27.0. The second-order valence-electron chi connectivity index (χ2n) is 9.33. The molecule has 3 heterocycles. The number of cyclic esters (lactones) is 1. The molecule has 0 aliphatic carbocycles. The van der Waals surface area contributed by atoms with Gasteiger partial charge in [-0.2, -0.15) is 18.3 Å². The Bertz CT molecular complexity index is 1360. The van der Waals surface area contributed by atoms with Gasteiger partial charge in [0.1, 0.15) is 11.9 Å². The Kier molecular flexibility index (Phi) is 6.72. The van der Waals surface area contributed by atoms with Gasteiger partial charge in [-0.1, -0.05) is 18.2 Å². The molecule has 0 bridgehead atoms. The van der Waals surface area contributed by atoms with Gasteiger partial charge >= 0.3 is 12.3 Å². The molecule has 2 saturated heterocycles. The van der Waals surface area contributed by atoms with E-state index in [0.29, 0.717) is 36.4 Å². The molecule has 2 atom stereocenters. The zero-order valence-electron chi connectivity index (χ0n) is 20.4. The van der Waals surface area contributed by atoms with Crippen LogP contribution >= 0.6 is 0 Å². The highest BCUT2D eigenvalue weighted by Gasteiger charge is 2.35. The number of nitrogens with one attached hydrogen (secondary N) is 1. The molecule has 38 heavy (non-hydrogen) atoms. The Morgan fingerprint density at radius 1 is 1.18 bits per heavy atom. The van der Waals surface area contributed by atoms with Gasteiger partial charge in [0.2, 0.25) is 5.91 Å². The van der Waals surface area contributed by atoms with E-state index < -0.39 is 29.8 Å². The first-order valence-corrected chi connectivity index (χ1v) is 12.1. The van der Waals surface area contributed by atoms with Crippen molar-refractivity contribution in [3.63, 3.8) is 0 Å². The van der Waals surface area contributed by atoms with Gasteiger partial charge < -0.3 is 15.0 Å². The van der Waals surface area contributed by atoms with E-state index >= 15 is 4.39 Å². The third-order valence-electron chi connectivity index (χ3n) is 6.72. The van der Waals surface area contributed by atoms with Crippen molar-refractivity contribution in [2.45, 2.75) is 31.7 Å². The average molecular weight is 532 g/mol. The van der Waals surface area contributed by atoms with Gasteiger partial charge in [0.05, 0.1) is 42.3 Å². The number of hydrogen-bond donors (Lipinski definition) is 1. The number of anilines is 2. The summed E-state index contributed by atoms with van der Waals surface area (Å²) in [6, 6.07) is 9.71. The molecular weight excluding hydrogens is 506 g/mol. The van der Waals surface area contributed by atoms with Crippen LogP contribution in [0.5, 0.6) is 0 Å². The molecule has 0 radical (unpaired) electrons. The van der Waals surface area contributed by atoms with Crippen molar-refractivity contribution in [1.82, 2.24) is 15.1 Å². The molecule has 12 heteroatoms. The Morgan fingerprint density at radius 2 is 1.97 bits per heavy atom. The zero-order valence-corrected chi connectivity index (χ0v) is 20.4. The minimum absolute atomic E-state index is 0.0579. The summed E-state index contributed by atoms with van der Waals surface area (Å²) in [5.74, 6) is -0.752. The van der Waals surface area contributed by atoms with Crippen molar-refractivity contribution >= 4 is 23.4 Å². The second kappa shape index (κ2) is 9.99. The number of alkyl halides is 3. The van der Waals surface area contributed by atoms with Gasteiger partial charge in [0.25, 0.3) is 0 Å². The Morgan fingerprint density at radius 3 is 2.71 bits per heavy atom. The lowest BCUT2D eigenvalue weighted by atomic mass is 10.0. The quantitative estimate of drug-likeness (QED) is 0.470. The number of benzene rings is 2. The summed E-state index contributed by atoms with van der Waals surface area (Å²) in [5, 5.41) is 6.90. The average Bonchev–Trinajstić information content (AvgIpc) is 3.62. The van der Waals surface area contributed by atoms with Crippen LogP contribution in [0, 0.1) is 5.82 Å². The smallest absolute Gasteiger partial charge is 0.417 e. The second-order valence-corrected chi connectivity index (χ2v) is 9.33. The molecule has 2 aromatic carbocycles.